The molecule has 2 amide bonds. The molecular formula is C17H21N5O2. The lowest BCUT2D eigenvalue weighted by Crippen LogP contribution is -2.49. The molecule has 0 spiro atoms. The second-order valence-electron chi connectivity index (χ2n) is 6.43. The van der Waals surface area contributed by atoms with Crippen LogP contribution in [-0.4, -0.2) is 45.1 Å². The number of anilines is 1. The molecule has 0 radical (unpaired) electrons. The summed E-state index contributed by atoms with van der Waals surface area (Å²) in [4.78, 5) is 16.6. The number of rotatable bonds is 3. The van der Waals surface area contributed by atoms with Gasteiger partial charge in [-0.15, -0.1) is 0 Å². The third-order valence-electron chi connectivity index (χ3n) is 5.03. The Bertz CT molecular complexity index is 704. The average molecular weight is 327 g/mol. The second kappa shape index (κ2) is 6.14. The summed E-state index contributed by atoms with van der Waals surface area (Å²) in [6, 6.07) is 8.22. The van der Waals surface area contributed by atoms with E-state index in [1.165, 1.54) is 0 Å². The summed E-state index contributed by atoms with van der Waals surface area (Å²) in [5.74, 6) is 0.735. The molecule has 1 aromatic heterocycles. The van der Waals surface area contributed by atoms with Crippen molar-refractivity contribution in [3.8, 4) is 5.75 Å². The van der Waals surface area contributed by atoms with Crippen LogP contribution < -0.4 is 10.1 Å². The zero-order valence-corrected chi connectivity index (χ0v) is 13.6. The normalized spacial score (nSPS) is 25.5. The molecule has 0 saturated carbocycles. The maximum absolute atomic E-state index is 12.8. The number of carbonyl (C=O) groups excluding carboxylic acids is 1. The van der Waals surface area contributed by atoms with Gasteiger partial charge in [-0.25, -0.2) is 4.79 Å². The molecule has 7 heteroatoms. The van der Waals surface area contributed by atoms with E-state index in [0.717, 1.165) is 37.1 Å². The Balaban J connectivity index is 1.46. The zero-order valence-electron chi connectivity index (χ0n) is 13.6. The Hall–Kier alpha value is -2.57. The van der Waals surface area contributed by atoms with Crippen LogP contribution in [0, 0.1) is 0 Å². The number of ether oxygens (including phenoxy) is 1. The Labute approximate surface area is 140 Å². The third-order valence-corrected chi connectivity index (χ3v) is 5.03. The van der Waals surface area contributed by atoms with Gasteiger partial charge in [0.15, 0.2) is 0 Å². The number of amides is 2. The van der Waals surface area contributed by atoms with Crippen molar-refractivity contribution in [1.29, 1.82) is 0 Å². The first kappa shape index (κ1) is 15.0. The fourth-order valence-corrected chi connectivity index (χ4v) is 3.97. The Morgan fingerprint density at radius 2 is 1.88 bits per heavy atom. The fourth-order valence-electron chi connectivity index (χ4n) is 3.97. The molecule has 1 aromatic carbocycles. The minimum Gasteiger partial charge on any atom is -0.497 e. The smallest absolute Gasteiger partial charge is 0.322 e. The van der Waals surface area contributed by atoms with Gasteiger partial charge in [0.1, 0.15) is 5.75 Å². The summed E-state index contributed by atoms with van der Waals surface area (Å²) >= 11 is 0. The molecule has 2 unspecified atom stereocenters. The Morgan fingerprint density at radius 3 is 2.54 bits per heavy atom. The number of methoxy groups -OCH3 is 1. The van der Waals surface area contributed by atoms with E-state index in [2.05, 4.69) is 15.5 Å². The number of nitrogens with zero attached hydrogens (tertiary/aromatic N) is 4. The number of aromatic nitrogens is 3. The first-order valence-electron chi connectivity index (χ1n) is 8.34. The molecule has 2 atom stereocenters. The minimum absolute atomic E-state index is 0.0253. The maximum Gasteiger partial charge on any atom is 0.322 e. The summed E-state index contributed by atoms with van der Waals surface area (Å²) in [6.07, 6.45) is 7.35. The van der Waals surface area contributed by atoms with E-state index in [9.17, 15) is 4.79 Å². The SMILES string of the molecule is COc1cccc(NC(=O)N2C3CCC2CC(n2nccn2)C3)c1. The van der Waals surface area contributed by atoms with Crippen LogP contribution in [0.25, 0.3) is 0 Å². The van der Waals surface area contributed by atoms with Gasteiger partial charge in [-0.05, 0) is 37.8 Å². The molecule has 1 N–H and O–H groups in total. The zero-order chi connectivity index (χ0) is 16.5. The highest BCUT2D eigenvalue weighted by Crippen LogP contribution is 2.40. The largest absolute Gasteiger partial charge is 0.497 e. The van der Waals surface area contributed by atoms with Crippen molar-refractivity contribution in [3.05, 3.63) is 36.7 Å². The lowest BCUT2D eigenvalue weighted by molar-refractivity contribution is 0.124. The molecular weight excluding hydrogens is 306 g/mol. The summed E-state index contributed by atoms with van der Waals surface area (Å²) in [5, 5.41) is 11.5. The van der Waals surface area contributed by atoms with Crippen LogP contribution in [-0.2, 0) is 0 Å². The molecule has 3 heterocycles. The molecule has 2 aliphatic rings. The highest BCUT2D eigenvalue weighted by molar-refractivity contribution is 5.90. The molecule has 4 rings (SSSR count). The second-order valence-corrected chi connectivity index (χ2v) is 6.43. The van der Waals surface area contributed by atoms with Gasteiger partial charge in [0.05, 0.1) is 25.5 Å². The first-order chi connectivity index (χ1) is 11.7. The van der Waals surface area contributed by atoms with Crippen molar-refractivity contribution >= 4 is 11.7 Å². The fraction of sp³-hybridized carbons (Fsp3) is 0.471. The molecule has 2 aliphatic heterocycles. The van der Waals surface area contributed by atoms with Crippen LogP contribution in [0.15, 0.2) is 36.7 Å². The molecule has 0 aliphatic carbocycles. The average Bonchev–Trinajstić information content (AvgIpc) is 3.22. The number of hydrogen-bond acceptors (Lipinski definition) is 4. The third kappa shape index (κ3) is 2.70. The van der Waals surface area contributed by atoms with Gasteiger partial charge in [-0.3, -0.25) is 0 Å². The predicted octanol–water partition coefficient (Wildman–Crippen LogP) is 2.69. The number of urea groups is 1. The summed E-state index contributed by atoms with van der Waals surface area (Å²) < 4.78 is 5.21. The molecule has 126 valence electrons. The Kier molecular flexibility index (Phi) is 3.84. The number of benzene rings is 1. The number of nitrogens with one attached hydrogen (secondary N) is 1. The predicted molar refractivity (Wildman–Crippen MR) is 89.0 cm³/mol. The van der Waals surface area contributed by atoms with E-state index in [1.54, 1.807) is 24.3 Å². The molecule has 24 heavy (non-hydrogen) atoms. The summed E-state index contributed by atoms with van der Waals surface area (Å²) in [5.41, 5.74) is 0.759. The van der Waals surface area contributed by atoms with Crippen molar-refractivity contribution in [2.24, 2.45) is 0 Å². The van der Waals surface area contributed by atoms with E-state index in [1.807, 2.05) is 29.2 Å². The lowest BCUT2D eigenvalue weighted by atomic mass is 9.98. The first-order valence-corrected chi connectivity index (χ1v) is 8.34. The molecule has 2 bridgehead atoms. The molecule has 2 fully saturated rings. The van der Waals surface area contributed by atoms with Crippen molar-refractivity contribution in [1.82, 2.24) is 19.9 Å². The topological polar surface area (TPSA) is 72.3 Å². The van der Waals surface area contributed by atoms with E-state index >= 15 is 0 Å². The van der Waals surface area contributed by atoms with Crippen LogP contribution in [0.4, 0.5) is 10.5 Å². The van der Waals surface area contributed by atoms with Crippen LogP contribution in [0.2, 0.25) is 0 Å². The van der Waals surface area contributed by atoms with Crippen molar-refractivity contribution in [2.45, 2.75) is 43.8 Å². The van der Waals surface area contributed by atoms with Gasteiger partial charge >= 0.3 is 6.03 Å². The van der Waals surface area contributed by atoms with Crippen LogP contribution >= 0.6 is 0 Å². The van der Waals surface area contributed by atoms with Crippen LogP contribution in [0.5, 0.6) is 5.75 Å². The van der Waals surface area contributed by atoms with Gasteiger partial charge in [0, 0.05) is 23.8 Å². The highest BCUT2D eigenvalue weighted by Gasteiger charge is 2.44. The minimum atomic E-state index is -0.0253. The van der Waals surface area contributed by atoms with E-state index in [-0.39, 0.29) is 18.1 Å². The maximum atomic E-state index is 12.8. The molecule has 2 aromatic rings. The molecule has 2 saturated heterocycles. The van der Waals surface area contributed by atoms with Gasteiger partial charge in [-0.1, -0.05) is 6.07 Å². The number of piperidine rings is 1. The monoisotopic (exact) mass is 327 g/mol. The highest BCUT2D eigenvalue weighted by atomic mass is 16.5. The van der Waals surface area contributed by atoms with Crippen molar-refractivity contribution in [2.75, 3.05) is 12.4 Å². The molecule has 7 nitrogen and oxygen atoms in total. The number of hydrogen-bond donors (Lipinski definition) is 1. The van der Waals surface area contributed by atoms with Gasteiger partial charge in [-0.2, -0.15) is 15.0 Å². The Morgan fingerprint density at radius 1 is 1.17 bits per heavy atom. The van der Waals surface area contributed by atoms with Gasteiger partial charge in [0.2, 0.25) is 0 Å². The van der Waals surface area contributed by atoms with Gasteiger partial charge in [0.25, 0.3) is 0 Å². The van der Waals surface area contributed by atoms with Crippen LogP contribution in [0.3, 0.4) is 0 Å². The number of fused-ring (bicyclic) bond motifs is 2. The summed E-state index contributed by atoms with van der Waals surface area (Å²) in [6.45, 7) is 0. The number of carbonyl (C=O) groups is 1. The van der Waals surface area contributed by atoms with Gasteiger partial charge < -0.3 is 15.0 Å². The quantitative estimate of drug-likeness (QED) is 0.941. The van der Waals surface area contributed by atoms with E-state index < -0.39 is 0 Å². The summed E-state index contributed by atoms with van der Waals surface area (Å²) in [7, 11) is 1.62. The van der Waals surface area contributed by atoms with Crippen molar-refractivity contribution < 1.29 is 9.53 Å². The lowest BCUT2D eigenvalue weighted by Gasteiger charge is -2.38. The van der Waals surface area contributed by atoms with E-state index in [0.29, 0.717) is 6.04 Å². The van der Waals surface area contributed by atoms with E-state index in [4.69, 9.17) is 4.74 Å². The van der Waals surface area contributed by atoms with Crippen molar-refractivity contribution in [3.63, 3.8) is 0 Å². The standard InChI is InChI=1S/C17H21N5O2/c1-24-16-4-2-3-12(9-16)20-17(23)21-13-5-6-14(21)11-15(10-13)22-18-7-8-19-22/h2-4,7-9,13-15H,5-6,10-11H2,1H3,(H,20,23). The van der Waals surface area contributed by atoms with Crippen LogP contribution in [0.1, 0.15) is 31.7 Å².